The van der Waals surface area contributed by atoms with Crippen LogP contribution in [0.15, 0.2) is 65.1 Å². The van der Waals surface area contributed by atoms with E-state index >= 15 is 8.78 Å². The molecule has 0 bridgehead atoms. The Morgan fingerprint density at radius 3 is 2.54 bits per heavy atom. The number of tetrazole rings is 1. The van der Waals surface area contributed by atoms with Crippen LogP contribution in [0.4, 0.5) is 8.78 Å². The van der Waals surface area contributed by atoms with Crippen LogP contribution in [0.25, 0.3) is 10.9 Å². The van der Waals surface area contributed by atoms with Gasteiger partial charge in [-0.2, -0.15) is 13.9 Å². The van der Waals surface area contributed by atoms with E-state index in [1.54, 1.807) is 42.1 Å². The van der Waals surface area contributed by atoms with E-state index in [-0.39, 0.29) is 18.7 Å². The minimum atomic E-state index is -3.46. The Balaban J connectivity index is 1.51. The third-order valence-electron chi connectivity index (χ3n) is 6.30. The highest BCUT2D eigenvalue weighted by Crippen LogP contribution is 2.36. The molecule has 0 saturated carbocycles. The fourth-order valence-corrected chi connectivity index (χ4v) is 4.84. The molecule has 5 aromatic rings. The zero-order chi connectivity index (χ0) is 26.2. The Morgan fingerprint density at radius 2 is 1.81 bits per heavy atom. The molecule has 2 aromatic heterocycles. The number of benzene rings is 3. The Kier molecular flexibility index (Phi) is 6.74. The summed E-state index contributed by atoms with van der Waals surface area (Å²) in [5.74, 6) is -3.35. The van der Waals surface area contributed by atoms with E-state index in [1.165, 1.54) is 12.1 Å². The van der Waals surface area contributed by atoms with Gasteiger partial charge in [0.25, 0.3) is 0 Å². The third-order valence-corrected chi connectivity index (χ3v) is 7.04. The topological polar surface area (TPSA) is 90.9 Å². The van der Waals surface area contributed by atoms with Gasteiger partial charge in [-0.05, 0) is 58.3 Å². The number of hydrogen-bond donors (Lipinski definition) is 1. The zero-order valence-electron chi connectivity index (χ0n) is 20.1. The number of alkyl halides is 2. The van der Waals surface area contributed by atoms with Crippen molar-refractivity contribution < 1.29 is 18.6 Å². The molecule has 0 aliphatic heterocycles. The monoisotopic (exact) mass is 568 g/mol. The molecular weight excluding hydrogens is 546 g/mol. The van der Waals surface area contributed by atoms with Gasteiger partial charge in [0.2, 0.25) is 5.82 Å². The van der Waals surface area contributed by atoms with E-state index in [4.69, 9.17) is 4.74 Å². The van der Waals surface area contributed by atoms with E-state index in [1.807, 2.05) is 25.1 Å². The number of aromatic nitrogens is 6. The second-order valence-electron chi connectivity index (χ2n) is 8.59. The van der Waals surface area contributed by atoms with Crippen LogP contribution >= 0.6 is 15.9 Å². The molecule has 5 rings (SSSR count). The molecule has 0 aliphatic rings. The van der Waals surface area contributed by atoms with Gasteiger partial charge in [0.1, 0.15) is 5.75 Å². The Bertz CT molecular complexity index is 1570. The highest BCUT2D eigenvalue weighted by Gasteiger charge is 2.40. The van der Waals surface area contributed by atoms with Gasteiger partial charge in [-0.15, -0.1) is 5.10 Å². The van der Waals surface area contributed by atoms with Crippen LogP contribution in [0.1, 0.15) is 33.8 Å². The first-order valence-corrected chi connectivity index (χ1v) is 12.2. The summed E-state index contributed by atoms with van der Waals surface area (Å²) in [4.78, 5) is 0. The van der Waals surface area contributed by atoms with Gasteiger partial charge in [0.15, 0.2) is 0 Å². The van der Waals surface area contributed by atoms with E-state index in [0.29, 0.717) is 23.5 Å². The summed E-state index contributed by atoms with van der Waals surface area (Å²) in [6.45, 7) is 2.06. The Labute approximate surface area is 219 Å². The number of rotatable bonds is 8. The lowest BCUT2D eigenvalue weighted by Gasteiger charge is -2.17. The van der Waals surface area contributed by atoms with Crippen LogP contribution in [0.2, 0.25) is 0 Å². The number of fused-ring (bicyclic) bond motifs is 1. The SMILES string of the molecule is COc1ccc(Cn2nnnc2C(F)(F)c2ccc3c(C)nn(Cc4c(Br)cccc4CO)c3c2)cc1. The van der Waals surface area contributed by atoms with Crippen LogP contribution in [0, 0.1) is 6.92 Å². The first-order valence-electron chi connectivity index (χ1n) is 11.4. The molecule has 0 unspecified atom stereocenters. The summed E-state index contributed by atoms with van der Waals surface area (Å²) in [5.41, 5.74) is 3.32. The number of aliphatic hydroxyl groups excluding tert-OH is 1. The summed E-state index contributed by atoms with van der Waals surface area (Å²) < 4.78 is 40.4. The van der Waals surface area contributed by atoms with Crippen molar-refractivity contribution in [1.82, 2.24) is 30.0 Å². The molecule has 37 heavy (non-hydrogen) atoms. The lowest BCUT2D eigenvalue weighted by Crippen LogP contribution is -2.23. The average molecular weight is 569 g/mol. The number of nitrogens with zero attached hydrogens (tertiary/aromatic N) is 6. The van der Waals surface area contributed by atoms with Gasteiger partial charge in [0.05, 0.1) is 38.0 Å². The first kappa shape index (κ1) is 25.0. The maximum atomic E-state index is 15.8. The van der Waals surface area contributed by atoms with Crippen LogP contribution < -0.4 is 4.74 Å². The molecule has 0 saturated heterocycles. The van der Waals surface area contributed by atoms with E-state index in [2.05, 4.69) is 36.6 Å². The van der Waals surface area contributed by atoms with Gasteiger partial charge in [0, 0.05) is 15.4 Å². The van der Waals surface area contributed by atoms with Gasteiger partial charge < -0.3 is 9.84 Å². The Morgan fingerprint density at radius 1 is 1.03 bits per heavy atom. The van der Waals surface area contributed by atoms with Crippen molar-refractivity contribution in [2.75, 3.05) is 7.11 Å². The number of methoxy groups -OCH3 is 1. The molecule has 0 aliphatic carbocycles. The van der Waals surface area contributed by atoms with Crippen LogP contribution in [0.5, 0.6) is 5.75 Å². The van der Waals surface area contributed by atoms with Crippen molar-refractivity contribution in [1.29, 1.82) is 0 Å². The van der Waals surface area contributed by atoms with E-state index in [0.717, 1.165) is 31.2 Å². The molecule has 190 valence electrons. The summed E-state index contributed by atoms with van der Waals surface area (Å²) in [6, 6.07) is 17.0. The lowest BCUT2D eigenvalue weighted by molar-refractivity contribution is 0.0281. The normalized spacial score (nSPS) is 11.8. The van der Waals surface area contributed by atoms with Crippen molar-refractivity contribution in [3.05, 3.63) is 98.9 Å². The van der Waals surface area contributed by atoms with Crippen molar-refractivity contribution in [2.24, 2.45) is 0 Å². The first-order chi connectivity index (χ1) is 17.8. The van der Waals surface area contributed by atoms with Gasteiger partial charge in [-0.1, -0.05) is 52.3 Å². The maximum Gasteiger partial charge on any atom is 0.333 e. The maximum absolute atomic E-state index is 15.8. The second kappa shape index (κ2) is 9.98. The second-order valence-corrected chi connectivity index (χ2v) is 9.45. The fourth-order valence-electron chi connectivity index (χ4n) is 4.30. The molecule has 0 atom stereocenters. The fraction of sp³-hybridized carbons (Fsp3) is 0.231. The number of ether oxygens (including phenoxy) is 1. The quantitative estimate of drug-likeness (QED) is 0.288. The summed E-state index contributed by atoms with van der Waals surface area (Å²) in [5, 5.41) is 26.1. The number of aryl methyl sites for hydroxylation is 1. The lowest BCUT2D eigenvalue weighted by atomic mass is 10.0. The molecule has 0 spiro atoms. The average Bonchev–Trinajstić information content (AvgIpc) is 3.50. The van der Waals surface area contributed by atoms with Gasteiger partial charge in [-0.25, -0.2) is 4.68 Å². The molecular formula is C26H23BrF2N6O2. The van der Waals surface area contributed by atoms with Gasteiger partial charge >= 0.3 is 5.92 Å². The zero-order valence-corrected chi connectivity index (χ0v) is 21.7. The van der Waals surface area contributed by atoms with Crippen molar-refractivity contribution >= 4 is 26.8 Å². The molecule has 0 fully saturated rings. The number of hydrogen-bond acceptors (Lipinski definition) is 6. The number of halogens is 3. The largest absolute Gasteiger partial charge is 0.497 e. The van der Waals surface area contributed by atoms with Crippen molar-refractivity contribution in [2.45, 2.75) is 32.5 Å². The molecule has 3 aromatic carbocycles. The molecule has 1 N–H and O–H groups in total. The smallest absolute Gasteiger partial charge is 0.333 e. The van der Waals surface area contributed by atoms with Crippen molar-refractivity contribution in [3.63, 3.8) is 0 Å². The number of aliphatic hydroxyl groups is 1. The van der Waals surface area contributed by atoms with Crippen LogP contribution in [0.3, 0.4) is 0 Å². The minimum Gasteiger partial charge on any atom is -0.497 e. The van der Waals surface area contributed by atoms with E-state index in [9.17, 15) is 5.11 Å². The highest BCUT2D eigenvalue weighted by molar-refractivity contribution is 9.10. The Hall–Kier alpha value is -3.70. The van der Waals surface area contributed by atoms with Crippen molar-refractivity contribution in [3.8, 4) is 5.75 Å². The summed E-state index contributed by atoms with van der Waals surface area (Å²) >= 11 is 3.53. The molecule has 2 heterocycles. The standard InChI is InChI=1S/C26H23BrF2N6O2/c1-16-21-11-8-19(12-24(21)34(31-16)14-22-18(15-36)4-3-5-23(22)27)26(28,29)25-30-32-33-35(25)13-17-6-9-20(37-2)10-7-17/h3-12,36H,13-15H2,1-2H3. The summed E-state index contributed by atoms with van der Waals surface area (Å²) in [6.07, 6.45) is 0. The predicted molar refractivity (Wildman–Crippen MR) is 137 cm³/mol. The van der Waals surface area contributed by atoms with Crippen LogP contribution in [-0.2, 0) is 25.6 Å². The van der Waals surface area contributed by atoms with Gasteiger partial charge in [-0.3, -0.25) is 4.68 Å². The molecule has 0 amide bonds. The highest BCUT2D eigenvalue weighted by atomic mass is 79.9. The predicted octanol–water partition coefficient (Wildman–Crippen LogP) is 4.83. The van der Waals surface area contributed by atoms with Crippen LogP contribution in [-0.4, -0.2) is 42.2 Å². The minimum absolute atomic E-state index is 0.0766. The molecule has 8 nitrogen and oxygen atoms in total. The van der Waals surface area contributed by atoms with E-state index < -0.39 is 11.7 Å². The summed E-state index contributed by atoms with van der Waals surface area (Å²) in [7, 11) is 1.56. The molecule has 11 heteroatoms. The third kappa shape index (κ3) is 4.72. The molecule has 0 radical (unpaired) electrons.